The first-order valence-electron chi connectivity index (χ1n) is 6.21. The molecule has 2 aliphatic rings. The molecule has 1 atom stereocenters. The van der Waals surface area contributed by atoms with Gasteiger partial charge in [0.15, 0.2) is 0 Å². The monoisotopic (exact) mass is 199 g/mol. The van der Waals surface area contributed by atoms with Gasteiger partial charge in [-0.2, -0.15) is 0 Å². The van der Waals surface area contributed by atoms with Crippen LogP contribution in [0.4, 0.5) is 4.39 Å². The molecule has 1 nitrogen and oxygen atoms in total. The summed E-state index contributed by atoms with van der Waals surface area (Å²) < 4.78 is 14.7. The van der Waals surface area contributed by atoms with Crippen molar-refractivity contribution in [3.63, 3.8) is 0 Å². The Morgan fingerprint density at radius 2 is 1.71 bits per heavy atom. The highest BCUT2D eigenvalue weighted by Crippen LogP contribution is 2.40. The maximum Gasteiger partial charge on any atom is 0.115 e. The van der Waals surface area contributed by atoms with Gasteiger partial charge in [-0.3, -0.25) is 0 Å². The van der Waals surface area contributed by atoms with E-state index >= 15 is 0 Å². The number of alkyl halides is 1. The van der Waals surface area contributed by atoms with Gasteiger partial charge in [-0.1, -0.05) is 19.3 Å². The van der Waals surface area contributed by atoms with E-state index < -0.39 is 5.67 Å². The van der Waals surface area contributed by atoms with Crippen LogP contribution in [0.3, 0.4) is 0 Å². The number of hydrogen-bond donors (Lipinski definition) is 1. The lowest BCUT2D eigenvalue weighted by Gasteiger charge is -2.35. The molecule has 1 aliphatic carbocycles. The zero-order valence-corrected chi connectivity index (χ0v) is 9.03. The van der Waals surface area contributed by atoms with Crippen molar-refractivity contribution in [2.75, 3.05) is 13.1 Å². The van der Waals surface area contributed by atoms with Crippen LogP contribution in [0.1, 0.15) is 51.4 Å². The first kappa shape index (κ1) is 10.4. The minimum atomic E-state index is -0.829. The van der Waals surface area contributed by atoms with Crippen LogP contribution in [0.5, 0.6) is 0 Å². The van der Waals surface area contributed by atoms with Gasteiger partial charge in [0.1, 0.15) is 5.67 Å². The van der Waals surface area contributed by atoms with Gasteiger partial charge in [0.05, 0.1) is 0 Å². The maximum atomic E-state index is 14.7. The molecule has 2 heteroatoms. The van der Waals surface area contributed by atoms with E-state index in [0.29, 0.717) is 5.92 Å². The van der Waals surface area contributed by atoms with Crippen molar-refractivity contribution in [2.45, 2.75) is 57.0 Å². The number of nitrogens with one attached hydrogen (secondary N) is 1. The predicted molar refractivity (Wildman–Crippen MR) is 57.1 cm³/mol. The van der Waals surface area contributed by atoms with Crippen molar-refractivity contribution in [1.82, 2.24) is 5.32 Å². The van der Waals surface area contributed by atoms with Gasteiger partial charge in [0, 0.05) is 0 Å². The number of rotatable bonds is 1. The average Bonchev–Trinajstić information content (AvgIpc) is 2.46. The van der Waals surface area contributed by atoms with Crippen LogP contribution in [-0.4, -0.2) is 18.8 Å². The zero-order chi connectivity index (χ0) is 9.86. The molecule has 0 radical (unpaired) electrons. The highest BCUT2D eigenvalue weighted by atomic mass is 19.1. The van der Waals surface area contributed by atoms with Crippen molar-refractivity contribution >= 4 is 0 Å². The van der Waals surface area contributed by atoms with E-state index in [4.69, 9.17) is 0 Å². The molecule has 82 valence electrons. The number of hydrogen-bond acceptors (Lipinski definition) is 1. The third-order valence-electron chi connectivity index (χ3n) is 4.00. The predicted octanol–water partition coefficient (Wildman–Crippen LogP) is 3.05. The van der Waals surface area contributed by atoms with Crippen molar-refractivity contribution in [1.29, 1.82) is 0 Å². The van der Waals surface area contributed by atoms with Gasteiger partial charge in [-0.25, -0.2) is 4.39 Å². The Bertz CT molecular complexity index is 167. The third kappa shape index (κ3) is 2.28. The maximum absolute atomic E-state index is 14.7. The first-order valence-corrected chi connectivity index (χ1v) is 6.21. The van der Waals surface area contributed by atoms with Gasteiger partial charge >= 0.3 is 0 Å². The molecule has 0 aromatic heterocycles. The fraction of sp³-hybridized carbons (Fsp3) is 1.00. The van der Waals surface area contributed by atoms with Crippen LogP contribution in [-0.2, 0) is 0 Å². The van der Waals surface area contributed by atoms with E-state index in [9.17, 15) is 4.39 Å². The Hall–Kier alpha value is -0.110. The summed E-state index contributed by atoms with van der Waals surface area (Å²) in [4.78, 5) is 0. The Balaban J connectivity index is 1.96. The van der Waals surface area contributed by atoms with E-state index in [-0.39, 0.29) is 0 Å². The summed E-state index contributed by atoms with van der Waals surface area (Å²) in [7, 11) is 0. The minimum absolute atomic E-state index is 0.371. The van der Waals surface area contributed by atoms with Gasteiger partial charge < -0.3 is 5.32 Å². The Labute approximate surface area is 86.5 Å². The second-order valence-electron chi connectivity index (χ2n) is 4.97. The van der Waals surface area contributed by atoms with Crippen molar-refractivity contribution in [3.05, 3.63) is 0 Å². The highest BCUT2D eigenvalue weighted by molar-refractivity contribution is 4.90. The molecular weight excluding hydrogens is 177 g/mol. The topological polar surface area (TPSA) is 12.0 Å². The molecule has 0 spiro atoms. The Morgan fingerprint density at radius 1 is 0.929 bits per heavy atom. The molecule has 1 N–H and O–H groups in total. The highest BCUT2D eigenvalue weighted by Gasteiger charge is 2.39. The van der Waals surface area contributed by atoms with Crippen LogP contribution in [0.15, 0.2) is 0 Å². The molecule has 0 aromatic carbocycles. The smallest absolute Gasteiger partial charge is 0.115 e. The molecule has 1 unspecified atom stereocenters. The summed E-state index contributed by atoms with van der Waals surface area (Å²) in [5.74, 6) is 0.371. The zero-order valence-electron chi connectivity index (χ0n) is 9.03. The summed E-state index contributed by atoms with van der Waals surface area (Å²) in [6.07, 6.45) is 8.67. The lowest BCUT2D eigenvalue weighted by atomic mass is 9.74. The normalized spacial score (nSPS) is 36.6. The van der Waals surface area contributed by atoms with Crippen LogP contribution in [0, 0.1) is 5.92 Å². The number of halogens is 1. The second kappa shape index (κ2) is 4.61. The largest absolute Gasteiger partial charge is 0.317 e. The van der Waals surface area contributed by atoms with Crippen molar-refractivity contribution in [3.8, 4) is 0 Å². The summed E-state index contributed by atoms with van der Waals surface area (Å²) in [6, 6.07) is 0. The molecule has 1 saturated carbocycles. The molecule has 2 fully saturated rings. The molecule has 0 amide bonds. The van der Waals surface area contributed by atoms with E-state index in [0.717, 1.165) is 45.2 Å². The SMILES string of the molecule is FC1(C2CCCCC2)CCCNCC1. The van der Waals surface area contributed by atoms with Crippen molar-refractivity contribution < 1.29 is 4.39 Å². The van der Waals surface area contributed by atoms with Crippen LogP contribution in [0.25, 0.3) is 0 Å². The fourth-order valence-electron chi connectivity index (χ4n) is 3.08. The van der Waals surface area contributed by atoms with Gasteiger partial charge in [-0.05, 0) is 51.1 Å². The summed E-state index contributed by atoms with van der Waals surface area (Å²) in [5, 5.41) is 3.30. The van der Waals surface area contributed by atoms with E-state index in [2.05, 4.69) is 5.32 Å². The molecular formula is C12H22FN. The van der Waals surface area contributed by atoms with Gasteiger partial charge in [0.2, 0.25) is 0 Å². The quantitative estimate of drug-likeness (QED) is 0.684. The Kier molecular flexibility index (Phi) is 3.42. The van der Waals surface area contributed by atoms with E-state index in [1.165, 1.54) is 19.3 Å². The molecule has 0 bridgehead atoms. The minimum Gasteiger partial charge on any atom is -0.317 e. The molecule has 0 aromatic rings. The Morgan fingerprint density at radius 3 is 2.50 bits per heavy atom. The van der Waals surface area contributed by atoms with Crippen molar-refractivity contribution in [2.24, 2.45) is 5.92 Å². The molecule has 1 heterocycles. The lowest BCUT2D eigenvalue weighted by molar-refractivity contribution is 0.0435. The second-order valence-corrected chi connectivity index (χ2v) is 4.97. The first-order chi connectivity index (χ1) is 6.81. The van der Waals surface area contributed by atoms with Crippen LogP contribution >= 0.6 is 0 Å². The molecule has 1 saturated heterocycles. The van der Waals surface area contributed by atoms with Gasteiger partial charge in [-0.15, -0.1) is 0 Å². The fourth-order valence-corrected chi connectivity index (χ4v) is 3.08. The average molecular weight is 199 g/mol. The van der Waals surface area contributed by atoms with E-state index in [1.54, 1.807) is 0 Å². The summed E-state index contributed by atoms with van der Waals surface area (Å²) in [5.41, 5.74) is -0.829. The standard InChI is InChI=1S/C12H22FN/c13-12(7-4-9-14-10-8-12)11-5-2-1-3-6-11/h11,14H,1-10H2. The van der Waals surface area contributed by atoms with Crippen LogP contribution in [0.2, 0.25) is 0 Å². The van der Waals surface area contributed by atoms with E-state index in [1.807, 2.05) is 0 Å². The lowest BCUT2D eigenvalue weighted by Crippen LogP contribution is -2.35. The summed E-state index contributed by atoms with van der Waals surface area (Å²) >= 11 is 0. The molecule has 14 heavy (non-hydrogen) atoms. The summed E-state index contributed by atoms with van der Waals surface area (Å²) in [6.45, 7) is 1.89. The van der Waals surface area contributed by atoms with Gasteiger partial charge in [0.25, 0.3) is 0 Å². The third-order valence-corrected chi connectivity index (χ3v) is 4.00. The molecule has 2 rings (SSSR count). The van der Waals surface area contributed by atoms with Crippen LogP contribution < -0.4 is 5.32 Å². The molecule has 1 aliphatic heterocycles.